The maximum absolute atomic E-state index is 12.7. The minimum absolute atomic E-state index is 0.124. The summed E-state index contributed by atoms with van der Waals surface area (Å²) in [7, 11) is 0. The van der Waals surface area contributed by atoms with E-state index in [-0.39, 0.29) is 11.7 Å². The normalized spacial score (nSPS) is 16.1. The predicted octanol–water partition coefficient (Wildman–Crippen LogP) is 3.43. The van der Waals surface area contributed by atoms with Crippen LogP contribution in [-0.2, 0) is 0 Å². The Bertz CT molecular complexity index is 437. The van der Waals surface area contributed by atoms with Gasteiger partial charge in [0.15, 0.2) is 0 Å². The Labute approximate surface area is 109 Å². The topological polar surface area (TPSA) is 37.8 Å². The first kappa shape index (κ1) is 13.5. The molecule has 100 valence electrons. The zero-order valence-electron chi connectivity index (χ0n) is 9.14. The number of nitrogens with zero attached hydrogens (tertiary/aromatic N) is 2. The second-order valence-electron chi connectivity index (χ2n) is 4.12. The molecule has 0 aliphatic heterocycles. The first-order valence-corrected chi connectivity index (χ1v) is 6.12. The van der Waals surface area contributed by atoms with Gasteiger partial charge in [0.05, 0.1) is 6.54 Å². The molecule has 0 aromatic carbocycles. The second kappa shape index (κ2) is 4.99. The van der Waals surface area contributed by atoms with Gasteiger partial charge in [0.1, 0.15) is 16.2 Å². The van der Waals surface area contributed by atoms with Crippen molar-refractivity contribution in [2.45, 2.75) is 31.1 Å². The van der Waals surface area contributed by atoms with E-state index in [0.717, 1.165) is 12.8 Å². The van der Waals surface area contributed by atoms with E-state index >= 15 is 0 Å². The fraction of sp³-hybridized carbons (Fsp3) is 0.600. The standard InChI is InChI=1S/C10H10BrF4N3/c11-6-3-7(16-4-10(14,15)9(12)13)18-8(17-6)5-1-2-5/h3,5,9H,1-2,4H2,(H,16,17,18). The van der Waals surface area contributed by atoms with Gasteiger partial charge in [0.2, 0.25) is 0 Å². The van der Waals surface area contributed by atoms with Gasteiger partial charge in [-0.3, -0.25) is 0 Å². The summed E-state index contributed by atoms with van der Waals surface area (Å²) in [5.41, 5.74) is 0. The van der Waals surface area contributed by atoms with Crippen LogP contribution in [0.2, 0.25) is 0 Å². The summed E-state index contributed by atoms with van der Waals surface area (Å²) < 4.78 is 49.9. The number of nitrogens with one attached hydrogen (secondary N) is 1. The van der Waals surface area contributed by atoms with Crippen molar-refractivity contribution in [1.29, 1.82) is 0 Å². The third-order valence-corrected chi connectivity index (χ3v) is 2.89. The smallest absolute Gasteiger partial charge is 0.324 e. The number of alkyl halides is 4. The van der Waals surface area contributed by atoms with Gasteiger partial charge in [0, 0.05) is 12.0 Å². The Hall–Kier alpha value is -0.920. The molecule has 0 spiro atoms. The number of hydrogen-bond donors (Lipinski definition) is 1. The summed E-state index contributed by atoms with van der Waals surface area (Å²) >= 11 is 3.13. The highest BCUT2D eigenvalue weighted by molar-refractivity contribution is 9.10. The molecule has 1 N–H and O–H groups in total. The molecular weight excluding hydrogens is 318 g/mol. The lowest BCUT2D eigenvalue weighted by Crippen LogP contribution is -2.35. The van der Waals surface area contributed by atoms with Crippen molar-refractivity contribution in [3.8, 4) is 0 Å². The summed E-state index contributed by atoms with van der Waals surface area (Å²) in [6.45, 7) is -1.15. The second-order valence-corrected chi connectivity index (χ2v) is 4.94. The highest BCUT2D eigenvalue weighted by Crippen LogP contribution is 2.38. The molecular formula is C10H10BrF4N3. The summed E-state index contributed by atoms with van der Waals surface area (Å²) in [6, 6.07) is 1.38. The fourth-order valence-corrected chi connectivity index (χ4v) is 1.73. The van der Waals surface area contributed by atoms with E-state index in [1.807, 2.05) is 0 Å². The Morgan fingerprint density at radius 2 is 2.06 bits per heavy atom. The van der Waals surface area contributed by atoms with Crippen molar-refractivity contribution in [3.63, 3.8) is 0 Å². The number of halogens is 5. The van der Waals surface area contributed by atoms with Gasteiger partial charge in [-0.2, -0.15) is 8.78 Å². The van der Waals surface area contributed by atoms with Gasteiger partial charge in [-0.15, -0.1) is 0 Å². The van der Waals surface area contributed by atoms with Gasteiger partial charge < -0.3 is 5.32 Å². The van der Waals surface area contributed by atoms with E-state index in [1.165, 1.54) is 6.07 Å². The highest BCUT2D eigenvalue weighted by Gasteiger charge is 2.40. The minimum atomic E-state index is -4.07. The third kappa shape index (κ3) is 3.30. The lowest BCUT2D eigenvalue weighted by Gasteiger charge is -2.16. The third-order valence-electron chi connectivity index (χ3n) is 2.48. The van der Waals surface area contributed by atoms with Crippen molar-refractivity contribution in [2.24, 2.45) is 0 Å². The van der Waals surface area contributed by atoms with Crippen molar-refractivity contribution in [3.05, 3.63) is 16.5 Å². The first-order chi connectivity index (χ1) is 8.38. The summed E-state index contributed by atoms with van der Waals surface area (Å²) in [5, 5.41) is 2.22. The molecule has 0 radical (unpaired) electrons. The molecule has 1 aromatic heterocycles. The molecule has 18 heavy (non-hydrogen) atoms. The summed E-state index contributed by atoms with van der Waals surface area (Å²) in [6.07, 6.45) is -1.77. The molecule has 1 aliphatic rings. The van der Waals surface area contributed by atoms with Crippen LogP contribution in [0.25, 0.3) is 0 Å². The zero-order chi connectivity index (χ0) is 13.3. The zero-order valence-corrected chi connectivity index (χ0v) is 10.7. The van der Waals surface area contributed by atoms with Crippen molar-refractivity contribution >= 4 is 21.7 Å². The molecule has 1 heterocycles. The average molecular weight is 328 g/mol. The summed E-state index contributed by atoms with van der Waals surface area (Å²) in [5.74, 6) is -3.15. The highest BCUT2D eigenvalue weighted by atomic mass is 79.9. The van der Waals surface area contributed by atoms with Crippen LogP contribution in [0.3, 0.4) is 0 Å². The molecule has 3 nitrogen and oxygen atoms in total. The van der Waals surface area contributed by atoms with Gasteiger partial charge in [-0.05, 0) is 28.8 Å². The summed E-state index contributed by atoms with van der Waals surface area (Å²) in [4.78, 5) is 8.13. The molecule has 2 rings (SSSR count). The number of rotatable bonds is 5. The quantitative estimate of drug-likeness (QED) is 0.665. The van der Waals surface area contributed by atoms with Crippen LogP contribution in [0.5, 0.6) is 0 Å². The lowest BCUT2D eigenvalue weighted by atomic mass is 10.3. The molecule has 8 heteroatoms. The molecule has 1 aromatic rings. The maximum Gasteiger partial charge on any atom is 0.324 e. The van der Waals surface area contributed by atoms with Crippen molar-refractivity contribution < 1.29 is 17.6 Å². The van der Waals surface area contributed by atoms with E-state index in [2.05, 4.69) is 31.2 Å². The van der Waals surface area contributed by atoms with Crippen LogP contribution in [0.15, 0.2) is 10.7 Å². The number of aromatic nitrogens is 2. The number of anilines is 1. The van der Waals surface area contributed by atoms with Crippen LogP contribution in [0.1, 0.15) is 24.6 Å². The molecule has 1 aliphatic carbocycles. The molecule has 1 saturated carbocycles. The van der Waals surface area contributed by atoms with Crippen LogP contribution < -0.4 is 5.32 Å². The van der Waals surface area contributed by atoms with E-state index < -0.39 is 18.9 Å². The molecule has 0 unspecified atom stereocenters. The van der Waals surface area contributed by atoms with Crippen molar-refractivity contribution in [1.82, 2.24) is 9.97 Å². The Morgan fingerprint density at radius 1 is 1.39 bits per heavy atom. The van der Waals surface area contributed by atoms with Gasteiger partial charge in [-0.1, -0.05) is 0 Å². The Kier molecular flexibility index (Phi) is 3.74. The minimum Gasteiger partial charge on any atom is -0.364 e. The Balaban J connectivity index is 2.05. The predicted molar refractivity (Wildman–Crippen MR) is 61.1 cm³/mol. The molecule has 0 atom stereocenters. The first-order valence-electron chi connectivity index (χ1n) is 5.33. The largest absolute Gasteiger partial charge is 0.364 e. The van der Waals surface area contributed by atoms with Crippen molar-refractivity contribution in [2.75, 3.05) is 11.9 Å². The number of hydrogen-bond acceptors (Lipinski definition) is 3. The van der Waals surface area contributed by atoms with Crippen LogP contribution >= 0.6 is 15.9 Å². The SMILES string of the molecule is FC(F)C(F)(F)CNc1cc(Br)nc(C2CC2)n1. The monoisotopic (exact) mass is 327 g/mol. The fourth-order valence-electron chi connectivity index (χ4n) is 1.34. The molecule has 0 amide bonds. The van der Waals surface area contributed by atoms with Crippen LogP contribution in [-0.4, -0.2) is 28.9 Å². The van der Waals surface area contributed by atoms with E-state index in [9.17, 15) is 17.6 Å². The lowest BCUT2D eigenvalue weighted by molar-refractivity contribution is -0.117. The van der Waals surface area contributed by atoms with E-state index in [1.54, 1.807) is 0 Å². The van der Waals surface area contributed by atoms with Gasteiger partial charge in [-0.25, -0.2) is 18.7 Å². The molecule has 1 fully saturated rings. The van der Waals surface area contributed by atoms with Crippen LogP contribution in [0.4, 0.5) is 23.4 Å². The maximum atomic E-state index is 12.7. The van der Waals surface area contributed by atoms with E-state index in [0.29, 0.717) is 10.4 Å². The molecule has 0 bridgehead atoms. The Morgan fingerprint density at radius 3 is 2.61 bits per heavy atom. The van der Waals surface area contributed by atoms with Gasteiger partial charge in [0.25, 0.3) is 0 Å². The van der Waals surface area contributed by atoms with Crippen LogP contribution in [0, 0.1) is 0 Å². The van der Waals surface area contributed by atoms with Gasteiger partial charge >= 0.3 is 12.3 Å². The van der Waals surface area contributed by atoms with E-state index in [4.69, 9.17) is 0 Å². The average Bonchev–Trinajstić information content (AvgIpc) is 3.09. The molecule has 0 saturated heterocycles.